The zero-order chi connectivity index (χ0) is 21.3. The molecule has 6 heteroatoms. The highest BCUT2D eigenvalue weighted by Crippen LogP contribution is 2.37. The standard InChI is InChI=1S/C24H29N3O3/c1-18-7-6-8-19(17-18)25-13-15-26(16-14-25)22(28)11-12-27-20-9-4-5-10-21(20)30-24(2,3)23(27)29/h4-10,17H,11-16H2,1-3H3. The van der Waals surface area contributed by atoms with E-state index in [1.807, 2.05) is 29.2 Å². The summed E-state index contributed by atoms with van der Waals surface area (Å²) in [6.07, 6.45) is 0.306. The number of nitrogens with zero attached hydrogens (tertiary/aromatic N) is 3. The van der Waals surface area contributed by atoms with Crippen molar-refractivity contribution >= 4 is 23.2 Å². The third-order valence-corrected chi connectivity index (χ3v) is 5.83. The van der Waals surface area contributed by atoms with Crippen molar-refractivity contribution in [2.24, 2.45) is 0 Å². The van der Waals surface area contributed by atoms with Crippen LogP contribution in [0.1, 0.15) is 25.8 Å². The highest BCUT2D eigenvalue weighted by atomic mass is 16.5. The fourth-order valence-electron chi connectivity index (χ4n) is 4.15. The maximum Gasteiger partial charge on any atom is 0.270 e. The molecule has 2 aliphatic rings. The van der Waals surface area contributed by atoms with Crippen molar-refractivity contribution in [3.05, 3.63) is 54.1 Å². The number of carbonyl (C=O) groups is 2. The van der Waals surface area contributed by atoms with Gasteiger partial charge in [-0.15, -0.1) is 0 Å². The molecule has 0 radical (unpaired) electrons. The number of fused-ring (bicyclic) bond motifs is 1. The third-order valence-electron chi connectivity index (χ3n) is 5.83. The number of hydrogen-bond acceptors (Lipinski definition) is 4. The first-order chi connectivity index (χ1) is 14.3. The lowest BCUT2D eigenvalue weighted by atomic mass is 10.0. The summed E-state index contributed by atoms with van der Waals surface area (Å²) in [5, 5.41) is 0. The maximum absolute atomic E-state index is 12.9. The van der Waals surface area contributed by atoms with Crippen molar-refractivity contribution in [3.63, 3.8) is 0 Å². The van der Waals surface area contributed by atoms with Crippen LogP contribution in [0.3, 0.4) is 0 Å². The smallest absolute Gasteiger partial charge is 0.270 e. The number of para-hydroxylation sites is 2. The van der Waals surface area contributed by atoms with Crippen LogP contribution in [0.5, 0.6) is 5.75 Å². The molecular formula is C24H29N3O3. The fourth-order valence-corrected chi connectivity index (χ4v) is 4.15. The van der Waals surface area contributed by atoms with Crippen molar-refractivity contribution in [2.45, 2.75) is 32.8 Å². The van der Waals surface area contributed by atoms with E-state index in [1.165, 1.54) is 11.3 Å². The average Bonchev–Trinajstić information content (AvgIpc) is 2.74. The van der Waals surface area contributed by atoms with Gasteiger partial charge in [0.15, 0.2) is 5.60 Å². The molecule has 0 saturated carbocycles. The summed E-state index contributed by atoms with van der Waals surface area (Å²) < 4.78 is 5.86. The van der Waals surface area contributed by atoms with Gasteiger partial charge >= 0.3 is 0 Å². The molecule has 0 N–H and O–H groups in total. The van der Waals surface area contributed by atoms with Crippen LogP contribution >= 0.6 is 0 Å². The van der Waals surface area contributed by atoms with E-state index in [1.54, 1.807) is 18.7 Å². The van der Waals surface area contributed by atoms with Gasteiger partial charge in [0.25, 0.3) is 5.91 Å². The minimum absolute atomic E-state index is 0.0912. The first-order valence-corrected chi connectivity index (χ1v) is 10.5. The molecule has 0 spiro atoms. The van der Waals surface area contributed by atoms with Crippen LogP contribution in [0.2, 0.25) is 0 Å². The van der Waals surface area contributed by atoms with Gasteiger partial charge in [-0.3, -0.25) is 9.59 Å². The Balaban J connectivity index is 1.37. The van der Waals surface area contributed by atoms with E-state index in [-0.39, 0.29) is 11.8 Å². The topological polar surface area (TPSA) is 53.1 Å². The molecule has 158 valence electrons. The fraction of sp³-hybridized carbons (Fsp3) is 0.417. The molecule has 2 heterocycles. The third kappa shape index (κ3) is 3.99. The van der Waals surface area contributed by atoms with E-state index in [4.69, 9.17) is 4.74 Å². The van der Waals surface area contributed by atoms with Crippen LogP contribution in [0.4, 0.5) is 11.4 Å². The molecular weight excluding hydrogens is 378 g/mol. The number of amides is 2. The molecule has 2 aromatic rings. The molecule has 0 atom stereocenters. The quantitative estimate of drug-likeness (QED) is 0.781. The zero-order valence-electron chi connectivity index (χ0n) is 17.9. The number of ether oxygens (including phenoxy) is 1. The molecule has 1 saturated heterocycles. The highest BCUT2D eigenvalue weighted by molar-refractivity contribution is 6.02. The van der Waals surface area contributed by atoms with Gasteiger partial charge in [0.05, 0.1) is 5.69 Å². The van der Waals surface area contributed by atoms with E-state index < -0.39 is 5.60 Å². The van der Waals surface area contributed by atoms with Crippen molar-refractivity contribution in [1.82, 2.24) is 4.90 Å². The summed E-state index contributed by atoms with van der Waals surface area (Å²) in [6.45, 7) is 9.03. The Bertz CT molecular complexity index is 948. The Morgan fingerprint density at radius 2 is 1.77 bits per heavy atom. The molecule has 30 heavy (non-hydrogen) atoms. The largest absolute Gasteiger partial charge is 0.476 e. The molecule has 6 nitrogen and oxygen atoms in total. The molecule has 0 aromatic heterocycles. The lowest BCUT2D eigenvalue weighted by Gasteiger charge is -2.39. The molecule has 2 aromatic carbocycles. The lowest BCUT2D eigenvalue weighted by Crippen LogP contribution is -2.54. The van der Waals surface area contributed by atoms with Crippen LogP contribution in [0, 0.1) is 6.92 Å². The second-order valence-corrected chi connectivity index (χ2v) is 8.49. The number of aryl methyl sites for hydroxylation is 1. The first-order valence-electron chi connectivity index (χ1n) is 10.5. The van der Waals surface area contributed by atoms with E-state index in [9.17, 15) is 9.59 Å². The highest BCUT2D eigenvalue weighted by Gasteiger charge is 2.40. The predicted octanol–water partition coefficient (Wildman–Crippen LogP) is 3.24. The number of carbonyl (C=O) groups excluding carboxylic acids is 2. The Labute approximate surface area is 178 Å². The van der Waals surface area contributed by atoms with Crippen LogP contribution in [-0.2, 0) is 9.59 Å². The second kappa shape index (κ2) is 8.01. The Morgan fingerprint density at radius 3 is 2.50 bits per heavy atom. The maximum atomic E-state index is 12.9. The van der Waals surface area contributed by atoms with Gasteiger partial charge in [-0.25, -0.2) is 0 Å². The minimum atomic E-state index is -0.934. The summed E-state index contributed by atoms with van der Waals surface area (Å²) >= 11 is 0. The number of anilines is 2. The minimum Gasteiger partial charge on any atom is -0.476 e. The Morgan fingerprint density at radius 1 is 1.03 bits per heavy atom. The van der Waals surface area contributed by atoms with E-state index >= 15 is 0 Å². The molecule has 0 unspecified atom stereocenters. The number of piperazine rings is 1. The van der Waals surface area contributed by atoms with Crippen LogP contribution in [-0.4, -0.2) is 55.0 Å². The summed E-state index contributed by atoms with van der Waals surface area (Å²) in [6, 6.07) is 16.0. The van der Waals surface area contributed by atoms with Gasteiger partial charge in [-0.2, -0.15) is 0 Å². The van der Waals surface area contributed by atoms with Crippen LogP contribution in [0.15, 0.2) is 48.5 Å². The lowest BCUT2D eigenvalue weighted by molar-refractivity contribution is -0.133. The number of benzene rings is 2. The van der Waals surface area contributed by atoms with Gasteiger partial charge in [0.1, 0.15) is 5.75 Å². The number of hydrogen-bond donors (Lipinski definition) is 0. The van der Waals surface area contributed by atoms with Crippen LogP contribution < -0.4 is 14.5 Å². The Hall–Kier alpha value is -3.02. The van der Waals surface area contributed by atoms with Gasteiger partial charge in [-0.05, 0) is 50.6 Å². The van der Waals surface area contributed by atoms with Gasteiger partial charge < -0.3 is 19.4 Å². The van der Waals surface area contributed by atoms with E-state index in [0.29, 0.717) is 31.8 Å². The van der Waals surface area contributed by atoms with E-state index in [2.05, 4.69) is 36.1 Å². The average molecular weight is 408 g/mol. The Kier molecular flexibility index (Phi) is 5.41. The summed E-state index contributed by atoms with van der Waals surface area (Å²) in [5.41, 5.74) is 2.25. The molecule has 0 bridgehead atoms. The van der Waals surface area contributed by atoms with E-state index in [0.717, 1.165) is 18.8 Å². The van der Waals surface area contributed by atoms with Crippen molar-refractivity contribution in [2.75, 3.05) is 42.5 Å². The molecule has 2 amide bonds. The SMILES string of the molecule is Cc1cccc(N2CCN(C(=O)CCN3C(=O)C(C)(C)Oc4ccccc43)CC2)c1. The zero-order valence-corrected chi connectivity index (χ0v) is 17.9. The molecule has 1 fully saturated rings. The van der Waals surface area contributed by atoms with Gasteiger partial charge in [0, 0.05) is 44.8 Å². The number of rotatable bonds is 4. The van der Waals surface area contributed by atoms with Crippen LogP contribution in [0.25, 0.3) is 0 Å². The van der Waals surface area contributed by atoms with Gasteiger partial charge in [0.2, 0.25) is 5.91 Å². The molecule has 2 aliphatic heterocycles. The monoisotopic (exact) mass is 407 g/mol. The predicted molar refractivity (Wildman–Crippen MR) is 118 cm³/mol. The summed E-state index contributed by atoms with van der Waals surface area (Å²) in [7, 11) is 0. The first kappa shape index (κ1) is 20.3. The summed E-state index contributed by atoms with van der Waals surface area (Å²) in [4.78, 5) is 31.7. The summed E-state index contributed by atoms with van der Waals surface area (Å²) in [5.74, 6) is 0.660. The molecule has 0 aliphatic carbocycles. The van der Waals surface area contributed by atoms with Crippen molar-refractivity contribution in [3.8, 4) is 5.75 Å². The molecule has 4 rings (SSSR count). The van der Waals surface area contributed by atoms with Crippen molar-refractivity contribution in [1.29, 1.82) is 0 Å². The second-order valence-electron chi connectivity index (χ2n) is 8.49. The van der Waals surface area contributed by atoms with Crippen molar-refractivity contribution < 1.29 is 14.3 Å². The normalized spacial score (nSPS) is 18.1. The van der Waals surface area contributed by atoms with Gasteiger partial charge in [-0.1, -0.05) is 24.3 Å².